The summed E-state index contributed by atoms with van der Waals surface area (Å²) in [6.07, 6.45) is 2.98. The van der Waals surface area contributed by atoms with Crippen molar-refractivity contribution in [3.05, 3.63) is 65.5 Å². The number of nitrogens with one attached hydrogen (secondary N) is 1. The van der Waals surface area contributed by atoms with E-state index in [0.29, 0.717) is 12.1 Å². The number of urea groups is 1. The molecule has 0 radical (unpaired) electrons. The summed E-state index contributed by atoms with van der Waals surface area (Å²) >= 11 is 0. The van der Waals surface area contributed by atoms with E-state index in [1.807, 2.05) is 42.3 Å². The number of rotatable bonds is 4. The summed E-state index contributed by atoms with van der Waals surface area (Å²) in [5.41, 5.74) is 8.67. The number of nitrogens with two attached hydrogens (primary N) is 1. The van der Waals surface area contributed by atoms with Crippen LogP contribution in [0.4, 0.5) is 4.79 Å². The third-order valence-corrected chi connectivity index (χ3v) is 5.55. The number of fused-ring (bicyclic) bond motifs is 1. The molecule has 3 N–H and O–H groups in total. The summed E-state index contributed by atoms with van der Waals surface area (Å²) in [7, 11) is 2.02. The number of para-hydroxylation sites is 2. The van der Waals surface area contributed by atoms with Gasteiger partial charge < -0.3 is 20.5 Å². The van der Waals surface area contributed by atoms with E-state index in [9.17, 15) is 9.59 Å². The van der Waals surface area contributed by atoms with Gasteiger partial charge in [0, 0.05) is 25.7 Å². The highest BCUT2D eigenvalue weighted by atomic mass is 16.2. The van der Waals surface area contributed by atoms with E-state index in [2.05, 4.69) is 16.0 Å². The predicted molar refractivity (Wildman–Crippen MR) is 111 cm³/mol. The topological polar surface area (TPSA) is 93.3 Å². The molecule has 1 atom stereocenters. The monoisotopic (exact) mass is 391 g/mol. The second kappa shape index (κ2) is 7.95. The highest BCUT2D eigenvalue weighted by Gasteiger charge is 2.31. The molecule has 7 nitrogen and oxygen atoms in total. The van der Waals surface area contributed by atoms with Crippen molar-refractivity contribution in [3.8, 4) is 0 Å². The lowest BCUT2D eigenvalue weighted by Gasteiger charge is -2.35. The quantitative estimate of drug-likeness (QED) is 0.716. The molecule has 1 fully saturated rings. The summed E-state index contributed by atoms with van der Waals surface area (Å²) in [6.45, 7) is 1.06. The van der Waals surface area contributed by atoms with Gasteiger partial charge in [0.15, 0.2) is 0 Å². The summed E-state index contributed by atoms with van der Waals surface area (Å²) in [5.74, 6) is 0.942. The van der Waals surface area contributed by atoms with Crippen LogP contribution >= 0.6 is 0 Å². The lowest BCUT2D eigenvalue weighted by Crippen LogP contribution is -2.39. The standard InChI is InChI=1S/C22H25N5O2/c1-26-18-7-3-2-6-17(18)25-20(26)19-8-4-5-13-27(19)21(28)16-11-9-15(10-12-16)14-24-22(23)29/h2-3,6-7,9-12,19H,4-5,8,13-14H2,1H3,(H3,23,24,29)/t19-/m0/s1. The summed E-state index contributed by atoms with van der Waals surface area (Å²) in [5, 5.41) is 2.55. The Morgan fingerprint density at radius 2 is 1.90 bits per heavy atom. The van der Waals surface area contributed by atoms with E-state index in [4.69, 9.17) is 10.7 Å². The highest BCUT2D eigenvalue weighted by molar-refractivity contribution is 5.94. The molecule has 3 amide bonds. The van der Waals surface area contributed by atoms with E-state index in [1.165, 1.54) is 0 Å². The predicted octanol–water partition coefficient (Wildman–Crippen LogP) is 3.11. The van der Waals surface area contributed by atoms with Crippen LogP contribution in [0, 0.1) is 0 Å². The van der Waals surface area contributed by atoms with Gasteiger partial charge in [-0.2, -0.15) is 0 Å². The number of likely N-dealkylation sites (tertiary alicyclic amines) is 1. The van der Waals surface area contributed by atoms with E-state index >= 15 is 0 Å². The SMILES string of the molecule is Cn1c([C@@H]2CCCCN2C(=O)c2ccc(CNC(N)=O)cc2)nc2ccccc21. The molecular weight excluding hydrogens is 366 g/mol. The van der Waals surface area contributed by atoms with Crippen LogP contribution in [0.3, 0.4) is 0 Å². The first-order valence-corrected chi connectivity index (χ1v) is 9.89. The third-order valence-electron chi connectivity index (χ3n) is 5.55. The maximum atomic E-state index is 13.3. The number of hydrogen-bond acceptors (Lipinski definition) is 3. The van der Waals surface area contributed by atoms with Crippen molar-refractivity contribution >= 4 is 23.0 Å². The zero-order chi connectivity index (χ0) is 20.4. The minimum Gasteiger partial charge on any atom is -0.352 e. The minimum absolute atomic E-state index is 0.0103. The molecule has 150 valence electrons. The maximum absolute atomic E-state index is 13.3. The molecule has 1 saturated heterocycles. The first-order valence-electron chi connectivity index (χ1n) is 9.89. The molecule has 3 aromatic rings. The second-order valence-electron chi connectivity index (χ2n) is 7.44. The molecule has 0 spiro atoms. The first kappa shape index (κ1) is 19.0. The molecule has 2 heterocycles. The number of hydrogen-bond donors (Lipinski definition) is 2. The molecular formula is C22H25N5O2. The number of primary amides is 1. The largest absolute Gasteiger partial charge is 0.352 e. The van der Waals surface area contributed by atoms with Crippen molar-refractivity contribution in [2.24, 2.45) is 12.8 Å². The Labute approximate surface area is 169 Å². The zero-order valence-corrected chi connectivity index (χ0v) is 16.5. The fourth-order valence-electron chi connectivity index (χ4n) is 4.03. The van der Waals surface area contributed by atoms with Crippen LogP contribution in [0.15, 0.2) is 48.5 Å². The fourth-order valence-corrected chi connectivity index (χ4v) is 4.03. The Hall–Kier alpha value is -3.35. The highest BCUT2D eigenvalue weighted by Crippen LogP contribution is 2.33. The Balaban J connectivity index is 1.59. The normalized spacial score (nSPS) is 16.7. The molecule has 0 bridgehead atoms. The Bertz CT molecular complexity index is 1040. The van der Waals surface area contributed by atoms with Crippen LogP contribution in [-0.2, 0) is 13.6 Å². The maximum Gasteiger partial charge on any atom is 0.312 e. The van der Waals surface area contributed by atoms with Crippen LogP contribution in [0.2, 0.25) is 0 Å². The molecule has 2 aromatic carbocycles. The molecule has 0 aliphatic carbocycles. The summed E-state index contributed by atoms with van der Waals surface area (Å²) in [4.78, 5) is 30.9. The van der Waals surface area contributed by atoms with Crippen molar-refractivity contribution < 1.29 is 9.59 Å². The minimum atomic E-state index is -0.566. The number of carbonyl (C=O) groups is 2. The van der Waals surface area contributed by atoms with Gasteiger partial charge in [0.1, 0.15) is 5.82 Å². The Morgan fingerprint density at radius 1 is 1.14 bits per heavy atom. The third kappa shape index (κ3) is 3.81. The van der Waals surface area contributed by atoms with Gasteiger partial charge in [-0.05, 0) is 49.1 Å². The molecule has 7 heteroatoms. The summed E-state index contributed by atoms with van der Waals surface area (Å²) in [6, 6.07) is 14.8. The molecule has 1 aromatic heterocycles. The van der Waals surface area contributed by atoms with E-state index < -0.39 is 6.03 Å². The fraction of sp³-hybridized carbons (Fsp3) is 0.318. The van der Waals surface area contributed by atoms with E-state index in [-0.39, 0.29) is 11.9 Å². The van der Waals surface area contributed by atoms with Gasteiger partial charge in [-0.25, -0.2) is 9.78 Å². The van der Waals surface area contributed by atoms with Crippen LogP contribution in [0.1, 0.15) is 47.1 Å². The van der Waals surface area contributed by atoms with E-state index in [0.717, 1.165) is 48.2 Å². The molecule has 4 rings (SSSR count). The van der Waals surface area contributed by atoms with Gasteiger partial charge in [-0.15, -0.1) is 0 Å². The second-order valence-corrected chi connectivity index (χ2v) is 7.44. The van der Waals surface area contributed by atoms with Gasteiger partial charge in [0.2, 0.25) is 0 Å². The first-order chi connectivity index (χ1) is 14.0. The van der Waals surface area contributed by atoms with Gasteiger partial charge in [0.05, 0.1) is 17.1 Å². The number of aromatic nitrogens is 2. The number of carbonyl (C=O) groups excluding carboxylic acids is 2. The Kier molecular flexibility index (Phi) is 5.20. The van der Waals surface area contributed by atoms with E-state index in [1.54, 1.807) is 12.1 Å². The van der Waals surface area contributed by atoms with Crippen molar-refractivity contribution in [2.45, 2.75) is 31.8 Å². The van der Waals surface area contributed by atoms with Crippen molar-refractivity contribution in [2.75, 3.05) is 6.54 Å². The van der Waals surface area contributed by atoms with Crippen LogP contribution in [0.5, 0.6) is 0 Å². The molecule has 29 heavy (non-hydrogen) atoms. The van der Waals surface area contributed by atoms with Gasteiger partial charge >= 0.3 is 6.03 Å². The van der Waals surface area contributed by atoms with Gasteiger partial charge in [-0.1, -0.05) is 24.3 Å². The number of aryl methyl sites for hydroxylation is 1. The molecule has 0 saturated carbocycles. The van der Waals surface area contributed by atoms with Gasteiger partial charge in [-0.3, -0.25) is 4.79 Å². The van der Waals surface area contributed by atoms with Crippen LogP contribution in [0.25, 0.3) is 11.0 Å². The van der Waals surface area contributed by atoms with Crippen molar-refractivity contribution in [3.63, 3.8) is 0 Å². The summed E-state index contributed by atoms with van der Waals surface area (Å²) < 4.78 is 2.10. The van der Waals surface area contributed by atoms with Crippen molar-refractivity contribution in [1.29, 1.82) is 0 Å². The van der Waals surface area contributed by atoms with Gasteiger partial charge in [0.25, 0.3) is 5.91 Å². The number of amides is 3. The molecule has 1 aliphatic heterocycles. The zero-order valence-electron chi connectivity index (χ0n) is 16.5. The molecule has 0 unspecified atom stereocenters. The lowest BCUT2D eigenvalue weighted by molar-refractivity contribution is 0.0597. The van der Waals surface area contributed by atoms with Crippen LogP contribution < -0.4 is 11.1 Å². The average molecular weight is 391 g/mol. The number of benzene rings is 2. The average Bonchev–Trinajstić information content (AvgIpc) is 3.09. The number of nitrogens with zero attached hydrogens (tertiary/aromatic N) is 3. The number of piperidine rings is 1. The lowest BCUT2D eigenvalue weighted by atomic mass is 9.99. The Morgan fingerprint density at radius 3 is 2.62 bits per heavy atom. The van der Waals surface area contributed by atoms with Crippen LogP contribution in [-0.4, -0.2) is 32.9 Å². The smallest absolute Gasteiger partial charge is 0.312 e. The van der Waals surface area contributed by atoms with Crippen molar-refractivity contribution in [1.82, 2.24) is 19.8 Å². The number of imidazole rings is 1. The molecule has 1 aliphatic rings.